The van der Waals surface area contributed by atoms with E-state index in [1.165, 1.54) is 0 Å². The molecule has 0 heterocycles. The fourth-order valence-electron chi connectivity index (χ4n) is 5.35. The summed E-state index contributed by atoms with van der Waals surface area (Å²) < 4.78 is 18.5. The maximum Gasteiger partial charge on any atom is 0.192 e. The molecule has 2 rings (SSSR count). The molecule has 5 heteroatoms. The molecular weight excluding hydrogens is 440 g/mol. The van der Waals surface area contributed by atoms with Crippen molar-refractivity contribution in [1.29, 1.82) is 0 Å². The van der Waals surface area contributed by atoms with Crippen LogP contribution >= 0.6 is 0 Å². The third-order valence-electron chi connectivity index (χ3n) is 8.61. The third kappa shape index (κ3) is 5.47. The molecule has 4 atom stereocenters. The first kappa shape index (κ1) is 28.7. The van der Waals surface area contributed by atoms with Crippen LogP contribution in [0.2, 0.25) is 18.1 Å². The lowest BCUT2D eigenvalue weighted by Gasteiger charge is -2.55. The second-order valence-corrected chi connectivity index (χ2v) is 16.8. The smallest absolute Gasteiger partial charge is 0.192 e. The maximum absolute atomic E-state index is 12.4. The van der Waals surface area contributed by atoms with Crippen LogP contribution in [0.25, 0.3) is 0 Å². The summed E-state index contributed by atoms with van der Waals surface area (Å²) >= 11 is 0. The van der Waals surface area contributed by atoms with E-state index in [0.29, 0.717) is 6.42 Å². The molecule has 1 aliphatic carbocycles. The monoisotopic (exact) mass is 488 g/mol. The zero-order valence-corrected chi connectivity index (χ0v) is 24.0. The van der Waals surface area contributed by atoms with E-state index in [1.807, 2.05) is 30.4 Å². The summed E-state index contributed by atoms with van der Waals surface area (Å²) in [7, 11) is 1.23. The molecule has 0 spiro atoms. The van der Waals surface area contributed by atoms with Crippen LogP contribution in [0.3, 0.4) is 0 Å². The van der Waals surface area contributed by atoms with Crippen molar-refractivity contribution in [3.63, 3.8) is 0 Å². The van der Waals surface area contributed by atoms with Crippen LogP contribution in [0.5, 0.6) is 11.5 Å². The van der Waals surface area contributed by atoms with E-state index in [0.717, 1.165) is 36.3 Å². The summed E-state index contributed by atoms with van der Waals surface area (Å²) in [5.74, 6) is 1.32. The highest BCUT2D eigenvalue weighted by Gasteiger charge is 2.55. The fourth-order valence-corrected chi connectivity index (χ4v) is 6.63. The summed E-state index contributed by atoms with van der Waals surface area (Å²) in [6, 6.07) is 5.91. The molecule has 0 bridgehead atoms. The average Bonchev–Trinajstić information content (AvgIpc) is 2.75. The maximum atomic E-state index is 12.4. The first-order valence-electron chi connectivity index (χ1n) is 12.5. The molecule has 1 saturated carbocycles. The number of hydrogen-bond donors (Lipinski definition) is 1. The van der Waals surface area contributed by atoms with Crippen molar-refractivity contribution in [2.45, 2.75) is 96.1 Å². The van der Waals surface area contributed by atoms with Gasteiger partial charge in [0, 0.05) is 11.5 Å². The highest BCUT2D eigenvalue weighted by molar-refractivity contribution is 6.74. The summed E-state index contributed by atoms with van der Waals surface area (Å²) in [4.78, 5) is 0. The molecule has 1 aliphatic rings. The van der Waals surface area contributed by atoms with Gasteiger partial charge < -0.3 is 19.0 Å². The van der Waals surface area contributed by atoms with Crippen LogP contribution in [0.4, 0.5) is 0 Å². The van der Waals surface area contributed by atoms with E-state index in [4.69, 9.17) is 13.9 Å². The van der Waals surface area contributed by atoms with Gasteiger partial charge in [-0.3, -0.25) is 0 Å². The van der Waals surface area contributed by atoms with Crippen molar-refractivity contribution in [3.8, 4) is 11.5 Å². The molecule has 0 saturated heterocycles. The van der Waals surface area contributed by atoms with Crippen LogP contribution in [0.1, 0.15) is 71.8 Å². The lowest BCUT2D eigenvalue weighted by Crippen LogP contribution is -2.57. The average molecular weight is 489 g/mol. The summed E-state index contributed by atoms with van der Waals surface area (Å²) in [6.07, 6.45) is 6.94. The van der Waals surface area contributed by atoms with Gasteiger partial charge in [0.1, 0.15) is 11.5 Å². The van der Waals surface area contributed by atoms with Crippen LogP contribution in [-0.2, 0) is 4.43 Å². The Morgan fingerprint density at radius 3 is 2.32 bits per heavy atom. The Morgan fingerprint density at radius 2 is 1.82 bits per heavy atom. The summed E-state index contributed by atoms with van der Waals surface area (Å²) in [6.45, 7) is 23.9. The highest BCUT2D eigenvalue weighted by atomic mass is 28.4. The van der Waals surface area contributed by atoms with Crippen LogP contribution in [0.15, 0.2) is 43.5 Å². The van der Waals surface area contributed by atoms with E-state index in [1.54, 1.807) is 14.2 Å². The molecule has 1 aromatic rings. The lowest BCUT2D eigenvalue weighted by atomic mass is 9.54. The number of methoxy groups -OCH3 is 2. The molecule has 0 aliphatic heterocycles. The van der Waals surface area contributed by atoms with Gasteiger partial charge in [-0.2, -0.15) is 0 Å². The largest absolute Gasteiger partial charge is 0.497 e. The topological polar surface area (TPSA) is 47.9 Å². The van der Waals surface area contributed by atoms with Crippen LogP contribution in [0, 0.1) is 11.3 Å². The SMILES string of the molecule is C=CC[C@@]1(O)[C@@H]([C@@H](c2cc(OC)ccc2OC)[C@H](C=C)O[Si](C)(C)C(C)(C)C)CCCC1(C)C. The predicted molar refractivity (Wildman–Crippen MR) is 145 cm³/mol. The van der Waals surface area contributed by atoms with E-state index >= 15 is 0 Å². The number of hydrogen-bond acceptors (Lipinski definition) is 4. The number of rotatable bonds is 10. The Hall–Kier alpha value is -1.56. The van der Waals surface area contributed by atoms with Gasteiger partial charge in [-0.15, -0.1) is 13.2 Å². The van der Waals surface area contributed by atoms with Crippen LogP contribution < -0.4 is 9.47 Å². The third-order valence-corrected chi connectivity index (χ3v) is 13.1. The molecule has 4 nitrogen and oxygen atoms in total. The zero-order chi connectivity index (χ0) is 25.9. The molecule has 34 heavy (non-hydrogen) atoms. The minimum Gasteiger partial charge on any atom is -0.497 e. The molecule has 0 radical (unpaired) electrons. The lowest BCUT2D eigenvalue weighted by molar-refractivity contribution is -0.149. The zero-order valence-electron chi connectivity index (χ0n) is 23.0. The first-order valence-corrected chi connectivity index (χ1v) is 15.5. The van der Waals surface area contributed by atoms with Gasteiger partial charge in [0.2, 0.25) is 0 Å². The number of benzene rings is 1. The van der Waals surface area contributed by atoms with E-state index in [9.17, 15) is 5.11 Å². The number of aliphatic hydroxyl groups is 1. The normalized spacial score (nSPS) is 24.7. The van der Waals surface area contributed by atoms with Crippen molar-refractivity contribution < 1.29 is 19.0 Å². The van der Waals surface area contributed by atoms with Crippen molar-refractivity contribution in [2.24, 2.45) is 11.3 Å². The highest BCUT2D eigenvalue weighted by Crippen LogP contribution is 2.56. The minimum atomic E-state index is -2.14. The molecule has 1 fully saturated rings. The van der Waals surface area contributed by atoms with Crippen LogP contribution in [-0.4, -0.2) is 39.3 Å². The van der Waals surface area contributed by atoms with Gasteiger partial charge in [-0.1, -0.05) is 53.2 Å². The minimum absolute atomic E-state index is 0.0422. The van der Waals surface area contributed by atoms with Gasteiger partial charge >= 0.3 is 0 Å². The van der Waals surface area contributed by atoms with Gasteiger partial charge in [0.25, 0.3) is 0 Å². The second-order valence-electron chi connectivity index (χ2n) is 12.0. The fraction of sp³-hybridized carbons (Fsp3) is 0.655. The van der Waals surface area contributed by atoms with Gasteiger partial charge in [-0.05, 0) is 66.9 Å². The van der Waals surface area contributed by atoms with Crippen molar-refractivity contribution in [3.05, 3.63) is 49.1 Å². The molecule has 0 amide bonds. The Morgan fingerprint density at radius 1 is 1.18 bits per heavy atom. The van der Waals surface area contributed by atoms with Gasteiger partial charge in [-0.25, -0.2) is 0 Å². The summed E-state index contributed by atoms with van der Waals surface area (Å²) in [5.41, 5.74) is -0.211. The van der Waals surface area contributed by atoms with E-state index in [-0.39, 0.29) is 28.4 Å². The van der Waals surface area contributed by atoms with Crippen molar-refractivity contribution >= 4 is 8.32 Å². The molecular formula is C29H48O4Si. The Labute approximate surface area is 209 Å². The molecule has 0 aromatic heterocycles. The van der Waals surface area contributed by atoms with Crippen molar-refractivity contribution in [1.82, 2.24) is 0 Å². The van der Waals surface area contributed by atoms with Crippen molar-refractivity contribution in [2.75, 3.05) is 14.2 Å². The molecule has 192 valence electrons. The second kappa shape index (κ2) is 10.6. The van der Waals surface area contributed by atoms with E-state index in [2.05, 4.69) is 60.9 Å². The first-order chi connectivity index (χ1) is 15.7. The Bertz CT molecular complexity index is 854. The molecule has 1 N–H and O–H groups in total. The number of ether oxygens (including phenoxy) is 2. The predicted octanol–water partition coefficient (Wildman–Crippen LogP) is 7.50. The Balaban J connectivity index is 2.79. The Kier molecular flexibility index (Phi) is 8.93. The van der Waals surface area contributed by atoms with Gasteiger partial charge in [0.05, 0.1) is 25.9 Å². The standard InChI is InChI=1S/C29H48O4Si/c1-12-18-29(30)23(15-14-19-28(29,6)7)26(22-20-21(31-8)16-17-25(22)32-9)24(13-2)33-34(10,11)27(3,4)5/h12-13,16-17,20,23-24,26,30H,1-2,14-15,18-19H2,3-11H3/t23-,24+,26-,29-/m1/s1. The molecule has 0 unspecified atom stereocenters. The van der Waals surface area contributed by atoms with E-state index < -0.39 is 13.9 Å². The van der Waals surface area contributed by atoms with Gasteiger partial charge in [0.15, 0.2) is 8.32 Å². The quantitative estimate of drug-likeness (QED) is 0.274. The molecule has 1 aromatic carbocycles. The summed E-state index contributed by atoms with van der Waals surface area (Å²) in [5, 5.41) is 12.4.